The van der Waals surface area contributed by atoms with Gasteiger partial charge in [0.05, 0.1) is 6.42 Å². The number of ether oxygens (including phenoxy) is 1. The third-order valence-electron chi connectivity index (χ3n) is 6.66. The van der Waals surface area contributed by atoms with Crippen molar-refractivity contribution in [3.05, 3.63) is 107 Å². The van der Waals surface area contributed by atoms with Crippen LogP contribution in [0.25, 0.3) is 0 Å². The van der Waals surface area contributed by atoms with Crippen LogP contribution in [-0.4, -0.2) is 60.3 Å². The quantitative estimate of drug-likeness (QED) is 0.393. The zero-order valence-corrected chi connectivity index (χ0v) is 20.9. The van der Waals surface area contributed by atoms with Crippen LogP contribution in [-0.2, 0) is 24.7 Å². The smallest absolute Gasteiger partial charge is 0.310 e. The van der Waals surface area contributed by atoms with Crippen LogP contribution in [0.4, 0.5) is 0 Å². The molecule has 0 aromatic heterocycles. The van der Waals surface area contributed by atoms with Crippen LogP contribution in [0.2, 0.25) is 5.02 Å². The number of hydrogen-bond acceptors (Lipinski definition) is 5. The number of amides is 2. The highest BCUT2D eigenvalue weighted by atomic mass is 35.5. The van der Waals surface area contributed by atoms with Gasteiger partial charge in [-0.25, -0.2) is 0 Å². The summed E-state index contributed by atoms with van der Waals surface area (Å²) in [5.41, 5.74) is 6.28. The van der Waals surface area contributed by atoms with E-state index in [1.54, 1.807) is 12.1 Å². The Balaban J connectivity index is 1.79. The summed E-state index contributed by atoms with van der Waals surface area (Å²) in [5.74, 6) is -1.34. The molecule has 0 saturated carbocycles. The second-order valence-electron chi connectivity index (χ2n) is 8.74. The fraction of sp³-hybridized carbons (Fsp3) is 0.250. The lowest BCUT2D eigenvalue weighted by Crippen LogP contribution is -2.64. The van der Waals surface area contributed by atoms with E-state index >= 15 is 0 Å². The lowest BCUT2D eigenvalue weighted by atomic mass is 9.80. The Kier molecular flexibility index (Phi) is 7.43. The van der Waals surface area contributed by atoms with Crippen molar-refractivity contribution in [3.63, 3.8) is 0 Å². The topological polar surface area (TPSA) is 92.9 Å². The number of carbonyl (C=O) groups excluding carboxylic acids is 3. The maximum atomic E-state index is 13.6. The van der Waals surface area contributed by atoms with Crippen molar-refractivity contribution in [1.82, 2.24) is 9.80 Å². The predicted octanol–water partition coefficient (Wildman–Crippen LogP) is 3.19. The molecule has 2 amide bonds. The Bertz CT molecular complexity index is 1210. The van der Waals surface area contributed by atoms with Crippen LogP contribution >= 0.6 is 11.6 Å². The molecule has 8 heteroatoms. The van der Waals surface area contributed by atoms with Gasteiger partial charge in [0, 0.05) is 42.4 Å². The summed E-state index contributed by atoms with van der Waals surface area (Å²) in [6.07, 6.45) is -0.325. The molecule has 3 aromatic carbocycles. The number of nitrogens with two attached hydrogens (primary N) is 1. The van der Waals surface area contributed by atoms with E-state index in [2.05, 4.69) is 0 Å². The van der Waals surface area contributed by atoms with E-state index in [-0.39, 0.29) is 24.8 Å². The molecule has 2 N–H and O–H groups in total. The van der Waals surface area contributed by atoms with Gasteiger partial charge in [-0.05, 0) is 6.07 Å². The minimum Gasteiger partial charge on any atom is -0.444 e. The molecule has 3 aromatic rings. The van der Waals surface area contributed by atoms with Crippen LogP contribution in [0.3, 0.4) is 0 Å². The molecule has 2 atom stereocenters. The Morgan fingerprint density at radius 2 is 1.31 bits per heavy atom. The van der Waals surface area contributed by atoms with Gasteiger partial charge in [0.25, 0.3) is 0 Å². The van der Waals surface area contributed by atoms with Crippen LogP contribution in [0.5, 0.6) is 0 Å². The molecule has 0 unspecified atom stereocenters. The number of halogens is 1. The Labute approximate surface area is 215 Å². The molecule has 1 saturated heterocycles. The fourth-order valence-corrected chi connectivity index (χ4v) is 4.97. The van der Waals surface area contributed by atoms with Gasteiger partial charge in [-0.2, -0.15) is 0 Å². The van der Waals surface area contributed by atoms with Crippen LogP contribution in [0.1, 0.15) is 23.1 Å². The lowest BCUT2D eigenvalue weighted by molar-refractivity contribution is -0.165. The standard InChI is InChI=1S/C28H28ClN3O4/c1-31-23(26(34)32(2)24(18-30)27(31)35)17-25(33)36-28(19-11-5-3-6-12-19,20-13-7-4-8-14-20)21-15-9-10-16-22(21)29/h3-16,23-24H,17-18,30H2,1-2H3/t23-,24-/m0/s1. The van der Waals surface area contributed by atoms with Gasteiger partial charge < -0.3 is 20.3 Å². The van der Waals surface area contributed by atoms with Gasteiger partial charge >= 0.3 is 5.97 Å². The normalized spacial score (nSPS) is 18.3. The number of rotatable bonds is 7. The highest BCUT2D eigenvalue weighted by molar-refractivity contribution is 6.31. The third kappa shape index (κ3) is 4.47. The van der Waals surface area contributed by atoms with E-state index in [0.29, 0.717) is 21.7 Å². The highest BCUT2D eigenvalue weighted by Crippen LogP contribution is 2.43. The fourth-order valence-electron chi connectivity index (χ4n) is 4.71. The van der Waals surface area contributed by atoms with Crippen molar-refractivity contribution >= 4 is 29.4 Å². The van der Waals surface area contributed by atoms with Gasteiger partial charge in [0.2, 0.25) is 11.8 Å². The second kappa shape index (κ2) is 10.5. The summed E-state index contributed by atoms with van der Waals surface area (Å²) in [6.45, 7) is 0.000210. The third-order valence-corrected chi connectivity index (χ3v) is 6.99. The van der Waals surface area contributed by atoms with Crippen molar-refractivity contribution < 1.29 is 19.1 Å². The molecule has 36 heavy (non-hydrogen) atoms. The van der Waals surface area contributed by atoms with E-state index in [0.717, 1.165) is 0 Å². The first kappa shape index (κ1) is 25.4. The number of likely N-dealkylation sites (N-methyl/N-ethyl adjacent to an activating group) is 2. The monoisotopic (exact) mass is 505 g/mol. The molecule has 1 fully saturated rings. The lowest BCUT2D eigenvalue weighted by Gasteiger charge is -2.41. The van der Waals surface area contributed by atoms with Gasteiger partial charge in [0.1, 0.15) is 12.1 Å². The summed E-state index contributed by atoms with van der Waals surface area (Å²) in [7, 11) is 3.02. The van der Waals surface area contributed by atoms with E-state index in [9.17, 15) is 14.4 Å². The summed E-state index contributed by atoms with van der Waals surface area (Å²) in [5, 5.41) is 0.421. The van der Waals surface area contributed by atoms with Crippen molar-refractivity contribution in [2.45, 2.75) is 24.1 Å². The van der Waals surface area contributed by atoms with Crippen LogP contribution in [0.15, 0.2) is 84.9 Å². The number of esters is 1. The van der Waals surface area contributed by atoms with E-state index in [1.807, 2.05) is 72.8 Å². The van der Waals surface area contributed by atoms with Crippen molar-refractivity contribution in [2.75, 3.05) is 20.6 Å². The van der Waals surface area contributed by atoms with E-state index < -0.39 is 23.7 Å². The molecule has 0 radical (unpaired) electrons. The molecule has 0 spiro atoms. The molecule has 1 heterocycles. The van der Waals surface area contributed by atoms with Crippen molar-refractivity contribution in [2.24, 2.45) is 5.73 Å². The maximum Gasteiger partial charge on any atom is 0.310 e. The zero-order valence-electron chi connectivity index (χ0n) is 20.1. The summed E-state index contributed by atoms with van der Waals surface area (Å²) in [4.78, 5) is 42.0. The average molecular weight is 506 g/mol. The number of carbonyl (C=O) groups is 3. The Morgan fingerprint density at radius 1 is 0.833 bits per heavy atom. The van der Waals surface area contributed by atoms with Gasteiger partial charge in [-0.1, -0.05) is 90.5 Å². The average Bonchev–Trinajstić information content (AvgIpc) is 2.90. The number of piperazine rings is 1. The number of hydrogen-bond donors (Lipinski definition) is 1. The first-order valence-corrected chi connectivity index (χ1v) is 12.0. The highest BCUT2D eigenvalue weighted by Gasteiger charge is 2.46. The minimum absolute atomic E-state index is 0.000210. The largest absolute Gasteiger partial charge is 0.444 e. The van der Waals surface area contributed by atoms with Crippen molar-refractivity contribution in [1.29, 1.82) is 0 Å². The predicted molar refractivity (Wildman–Crippen MR) is 137 cm³/mol. The molecular weight excluding hydrogens is 478 g/mol. The molecule has 7 nitrogen and oxygen atoms in total. The van der Waals surface area contributed by atoms with Gasteiger partial charge in [-0.3, -0.25) is 14.4 Å². The number of nitrogens with zero attached hydrogens (tertiary/aromatic N) is 2. The second-order valence-corrected chi connectivity index (χ2v) is 9.14. The molecule has 4 rings (SSSR count). The van der Waals surface area contributed by atoms with E-state index in [4.69, 9.17) is 22.1 Å². The molecule has 0 aliphatic carbocycles. The summed E-state index contributed by atoms with van der Waals surface area (Å²) < 4.78 is 6.34. The molecule has 1 aliphatic rings. The summed E-state index contributed by atoms with van der Waals surface area (Å²) >= 11 is 6.68. The Morgan fingerprint density at radius 3 is 1.83 bits per heavy atom. The maximum absolute atomic E-state index is 13.6. The first-order chi connectivity index (χ1) is 17.3. The SMILES string of the molecule is CN1C(=O)[C@H](CC(=O)OC(c2ccccc2)(c2ccccc2)c2ccccc2Cl)N(C)C(=O)[C@@H]1CN. The van der Waals surface area contributed by atoms with Gasteiger partial charge in [0.15, 0.2) is 5.60 Å². The van der Waals surface area contributed by atoms with Gasteiger partial charge in [-0.15, -0.1) is 0 Å². The molecule has 186 valence electrons. The van der Waals surface area contributed by atoms with Crippen LogP contribution in [0, 0.1) is 0 Å². The summed E-state index contributed by atoms with van der Waals surface area (Å²) in [6, 6.07) is 24.1. The molecule has 0 bridgehead atoms. The zero-order chi connectivity index (χ0) is 25.9. The molecular formula is C28H28ClN3O4. The first-order valence-electron chi connectivity index (χ1n) is 11.6. The molecule has 1 aliphatic heterocycles. The Hall–Kier alpha value is -3.68. The van der Waals surface area contributed by atoms with Crippen molar-refractivity contribution in [3.8, 4) is 0 Å². The van der Waals surface area contributed by atoms with E-state index in [1.165, 1.54) is 23.9 Å². The minimum atomic E-state index is -1.38. The number of benzene rings is 3. The van der Waals surface area contributed by atoms with Crippen LogP contribution < -0.4 is 5.73 Å².